The van der Waals surface area contributed by atoms with E-state index in [1.807, 2.05) is 0 Å². The Morgan fingerprint density at radius 2 is 1.61 bits per heavy atom. The molecule has 0 amide bonds. The number of nitrogens with one attached hydrogen (secondary N) is 1. The Labute approximate surface area is 144 Å². The molecule has 0 radical (unpaired) electrons. The van der Waals surface area contributed by atoms with Crippen molar-refractivity contribution in [1.82, 2.24) is 5.32 Å². The maximum Gasteiger partial charge on any atom is 0.0996 e. The number of amidine groups is 1. The summed E-state index contributed by atoms with van der Waals surface area (Å²) < 4.78 is 0. The maximum absolute atomic E-state index is 5.05. The van der Waals surface area contributed by atoms with Crippen LogP contribution in [0.5, 0.6) is 0 Å². The SMILES string of the molecule is CCCCN=C(NC1CCCCC1)C(CC)CC1CCCCC1. The van der Waals surface area contributed by atoms with Gasteiger partial charge in [0.1, 0.15) is 0 Å². The molecule has 2 saturated carbocycles. The van der Waals surface area contributed by atoms with Crippen molar-refractivity contribution >= 4 is 5.84 Å². The minimum Gasteiger partial charge on any atom is -0.371 e. The van der Waals surface area contributed by atoms with Crippen LogP contribution >= 0.6 is 0 Å². The van der Waals surface area contributed by atoms with Crippen molar-refractivity contribution < 1.29 is 0 Å². The first-order chi connectivity index (χ1) is 11.3. The molecule has 23 heavy (non-hydrogen) atoms. The summed E-state index contributed by atoms with van der Waals surface area (Å²) in [4.78, 5) is 5.05. The van der Waals surface area contributed by atoms with Gasteiger partial charge < -0.3 is 5.32 Å². The van der Waals surface area contributed by atoms with Crippen LogP contribution in [0.1, 0.15) is 104 Å². The van der Waals surface area contributed by atoms with Gasteiger partial charge in [0.05, 0.1) is 5.84 Å². The lowest BCUT2D eigenvalue weighted by Crippen LogP contribution is -2.41. The molecule has 1 unspecified atom stereocenters. The van der Waals surface area contributed by atoms with Crippen molar-refractivity contribution in [3.8, 4) is 0 Å². The van der Waals surface area contributed by atoms with Crippen LogP contribution in [0.2, 0.25) is 0 Å². The molecule has 2 fully saturated rings. The van der Waals surface area contributed by atoms with Gasteiger partial charge in [-0.1, -0.05) is 71.6 Å². The molecule has 2 heteroatoms. The highest BCUT2D eigenvalue weighted by molar-refractivity contribution is 5.84. The van der Waals surface area contributed by atoms with Crippen LogP contribution in [0, 0.1) is 11.8 Å². The second kappa shape index (κ2) is 11.1. The summed E-state index contributed by atoms with van der Waals surface area (Å²) in [7, 11) is 0. The van der Waals surface area contributed by atoms with E-state index in [0.29, 0.717) is 12.0 Å². The van der Waals surface area contributed by atoms with E-state index in [2.05, 4.69) is 19.2 Å². The highest BCUT2D eigenvalue weighted by Gasteiger charge is 2.24. The third kappa shape index (κ3) is 6.85. The first-order valence-corrected chi connectivity index (χ1v) is 10.6. The highest BCUT2D eigenvalue weighted by atomic mass is 15.0. The molecule has 0 aromatic rings. The zero-order valence-electron chi connectivity index (χ0n) is 15.8. The summed E-state index contributed by atoms with van der Waals surface area (Å²) in [6.45, 7) is 5.65. The molecule has 2 rings (SSSR count). The van der Waals surface area contributed by atoms with Gasteiger partial charge in [0.15, 0.2) is 0 Å². The van der Waals surface area contributed by atoms with E-state index in [1.165, 1.54) is 95.7 Å². The van der Waals surface area contributed by atoms with Gasteiger partial charge in [0.25, 0.3) is 0 Å². The van der Waals surface area contributed by atoms with Gasteiger partial charge in [-0.05, 0) is 38.0 Å². The fraction of sp³-hybridized carbons (Fsp3) is 0.952. The van der Waals surface area contributed by atoms with Crippen molar-refractivity contribution in [2.24, 2.45) is 16.8 Å². The Bertz CT molecular complexity index is 325. The highest BCUT2D eigenvalue weighted by Crippen LogP contribution is 2.31. The van der Waals surface area contributed by atoms with E-state index < -0.39 is 0 Å². The van der Waals surface area contributed by atoms with E-state index in [1.54, 1.807) is 0 Å². The minimum absolute atomic E-state index is 0.678. The third-order valence-electron chi connectivity index (χ3n) is 5.97. The van der Waals surface area contributed by atoms with Crippen LogP contribution < -0.4 is 5.32 Å². The molecular weight excluding hydrogens is 280 g/mol. The lowest BCUT2D eigenvalue weighted by molar-refractivity contribution is 0.307. The Kier molecular flexibility index (Phi) is 9.07. The zero-order valence-corrected chi connectivity index (χ0v) is 15.8. The van der Waals surface area contributed by atoms with Crippen molar-refractivity contribution in [2.75, 3.05) is 6.54 Å². The molecule has 2 nitrogen and oxygen atoms in total. The van der Waals surface area contributed by atoms with Gasteiger partial charge in [0.2, 0.25) is 0 Å². The van der Waals surface area contributed by atoms with Gasteiger partial charge in [-0.3, -0.25) is 4.99 Å². The molecule has 0 aromatic carbocycles. The average Bonchev–Trinajstić information content (AvgIpc) is 2.61. The first-order valence-electron chi connectivity index (χ1n) is 10.6. The largest absolute Gasteiger partial charge is 0.371 e. The molecule has 0 saturated heterocycles. The first kappa shape index (κ1) is 18.8. The summed E-state index contributed by atoms with van der Waals surface area (Å²) in [5.41, 5.74) is 0. The Balaban J connectivity index is 1.94. The van der Waals surface area contributed by atoms with E-state index >= 15 is 0 Å². The average molecular weight is 321 g/mol. The van der Waals surface area contributed by atoms with Gasteiger partial charge in [0, 0.05) is 18.5 Å². The molecule has 134 valence electrons. The van der Waals surface area contributed by atoms with E-state index in [0.717, 1.165) is 12.5 Å². The predicted molar refractivity (Wildman–Crippen MR) is 102 cm³/mol. The summed E-state index contributed by atoms with van der Waals surface area (Å²) in [5, 5.41) is 3.91. The van der Waals surface area contributed by atoms with E-state index in [-0.39, 0.29) is 0 Å². The summed E-state index contributed by atoms with van der Waals surface area (Å²) in [6, 6.07) is 0.699. The second-order valence-electron chi connectivity index (χ2n) is 7.94. The van der Waals surface area contributed by atoms with Crippen LogP contribution in [0.15, 0.2) is 4.99 Å². The summed E-state index contributed by atoms with van der Waals surface area (Å²) in [6.07, 6.45) is 19.4. The van der Waals surface area contributed by atoms with Gasteiger partial charge >= 0.3 is 0 Å². The van der Waals surface area contributed by atoms with Crippen molar-refractivity contribution in [3.63, 3.8) is 0 Å². The molecular formula is C21H40N2. The van der Waals surface area contributed by atoms with Gasteiger partial charge in [-0.15, -0.1) is 0 Å². The molecule has 0 heterocycles. The lowest BCUT2D eigenvalue weighted by atomic mass is 9.81. The number of aliphatic imine (C=N–C) groups is 1. The minimum atomic E-state index is 0.678. The number of hydrogen-bond acceptors (Lipinski definition) is 1. The van der Waals surface area contributed by atoms with Crippen LogP contribution in [0.4, 0.5) is 0 Å². The van der Waals surface area contributed by atoms with E-state index in [4.69, 9.17) is 4.99 Å². The fourth-order valence-corrected chi connectivity index (χ4v) is 4.40. The fourth-order valence-electron chi connectivity index (χ4n) is 4.40. The molecule has 2 aliphatic carbocycles. The Morgan fingerprint density at radius 3 is 2.22 bits per heavy atom. The van der Waals surface area contributed by atoms with Crippen molar-refractivity contribution in [2.45, 2.75) is 110 Å². The van der Waals surface area contributed by atoms with Gasteiger partial charge in [-0.25, -0.2) is 0 Å². The topological polar surface area (TPSA) is 24.4 Å². The van der Waals surface area contributed by atoms with Gasteiger partial charge in [-0.2, -0.15) is 0 Å². The zero-order chi connectivity index (χ0) is 16.3. The molecule has 0 aromatic heterocycles. The predicted octanol–water partition coefficient (Wildman–Crippen LogP) is 6.10. The van der Waals surface area contributed by atoms with Crippen LogP contribution in [-0.4, -0.2) is 18.4 Å². The molecule has 0 spiro atoms. The maximum atomic E-state index is 5.05. The second-order valence-corrected chi connectivity index (χ2v) is 7.94. The summed E-state index contributed by atoms with van der Waals surface area (Å²) in [5.74, 6) is 3.01. The quantitative estimate of drug-likeness (QED) is 0.326. The lowest BCUT2D eigenvalue weighted by Gasteiger charge is -2.31. The Hall–Kier alpha value is -0.530. The number of hydrogen-bond donors (Lipinski definition) is 1. The van der Waals surface area contributed by atoms with Crippen molar-refractivity contribution in [3.05, 3.63) is 0 Å². The third-order valence-corrected chi connectivity index (χ3v) is 5.97. The summed E-state index contributed by atoms with van der Waals surface area (Å²) >= 11 is 0. The number of rotatable bonds is 8. The van der Waals surface area contributed by atoms with Crippen LogP contribution in [0.3, 0.4) is 0 Å². The number of unbranched alkanes of at least 4 members (excludes halogenated alkanes) is 1. The number of nitrogens with zero attached hydrogens (tertiary/aromatic N) is 1. The molecule has 1 atom stereocenters. The van der Waals surface area contributed by atoms with E-state index in [9.17, 15) is 0 Å². The van der Waals surface area contributed by atoms with Crippen LogP contribution in [0.25, 0.3) is 0 Å². The molecule has 0 bridgehead atoms. The smallest absolute Gasteiger partial charge is 0.0996 e. The molecule has 2 aliphatic rings. The monoisotopic (exact) mass is 320 g/mol. The Morgan fingerprint density at radius 1 is 0.957 bits per heavy atom. The standard InChI is InChI=1S/C21H40N2/c1-3-5-16-22-21(23-20-14-10-7-11-15-20)19(4-2)17-18-12-8-6-9-13-18/h18-20H,3-17H2,1-2H3,(H,22,23). The molecule has 1 N–H and O–H groups in total. The van der Waals surface area contributed by atoms with Crippen LogP contribution in [-0.2, 0) is 0 Å². The normalized spacial score (nSPS) is 23.0. The molecule has 0 aliphatic heterocycles. The van der Waals surface area contributed by atoms with Crippen molar-refractivity contribution in [1.29, 1.82) is 0 Å².